The minimum atomic E-state index is -0.449. The number of aliphatic hydroxyl groups is 1. The van der Waals surface area contributed by atoms with E-state index in [1.807, 2.05) is 19.1 Å². The van der Waals surface area contributed by atoms with Crippen molar-refractivity contribution in [1.82, 2.24) is 16.1 Å². The summed E-state index contributed by atoms with van der Waals surface area (Å²) < 4.78 is 17.2. The Bertz CT molecular complexity index is 1830. The molecule has 3 aromatic rings. The van der Waals surface area contributed by atoms with Gasteiger partial charge in [-0.3, -0.25) is 10.7 Å². The lowest BCUT2D eigenvalue weighted by molar-refractivity contribution is 0.0723. The molecule has 1 aromatic heterocycles. The van der Waals surface area contributed by atoms with Gasteiger partial charge in [0, 0.05) is 47.9 Å². The van der Waals surface area contributed by atoms with Crippen molar-refractivity contribution in [2.24, 2.45) is 11.0 Å². The zero-order chi connectivity index (χ0) is 33.2. The second kappa shape index (κ2) is 14.1. The molecule has 48 heavy (non-hydrogen) atoms. The van der Waals surface area contributed by atoms with E-state index in [9.17, 15) is 9.59 Å². The van der Waals surface area contributed by atoms with Gasteiger partial charge >= 0.3 is 11.7 Å². The normalized spacial score (nSPS) is 20.6. The summed E-state index contributed by atoms with van der Waals surface area (Å²) >= 11 is 0. The molecule has 7 rings (SSSR count). The van der Waals surface area contributed by atoms with Crippen LogP contribution in [0.3, 0.4) is 0 Å². The number of nitrogens with one attached hydrogen (secondary N) is 3. The summed E-state index contributed by atoms with van der Waals surface area (Å²) in [7, 11) is 0. The van der Waals surface area contributed by atoms with Crippen molar-refractivity contribution < 1.29 is 23.8 Å². The number of rotatable bonds is 8. The summed E-state index contributed by atoms with van der Waals surface area (Å²) in [6, 6.07) is 10.3. The van der Waals surface area contributed by atoms with E-state index in [0.717, 1.165) is 90.8 Å². The average Bonchev–Trinajstić information content (AvgIpc) is 3.07. The van der Waals surface area contributed by atoms with Crippen LogP contribution in [0.4, 0.5) is 10.5 Å². The maximum absolute atomic E-state index is 13.8. The van der Waals surface area contributed by atoms with Gasteiger partial charge in [0.15, 0.2) is 0 Å². The standard InChI is InChI=1S/C37H45N5O6/c1-22-30-19-26-8-5-14-42-21-38-20-31(34(26)42)35(30)48-36(44)32(22)24-6-3-7-25(18-24)33-29-12-11-27(9-4-10-28(29)23(2)40-41-33)47-37(45)39-13-16-46-17-15-43/h3,6-7,18-19,27,29,38,40,43H,4-5,8-17,20-21H2,1-2H3,(H,39,45). The maximum Gasteiger partial charge on any atom is 0.407 e. The first-order valence-electron chi connectivity index (χ1n) is 17.3. The molecule has 4 heterocycles. The monoisotopic (exact) mass is 655 g/mol. The van der Waals surface area contributed by atoms with Gasteiger partial charge in [0.25, 0.3) is 0 Å². The van der Waals surface area contributed by atoms with Crippen LogP contribution in [0.1, 0.15) is 67.7 Å². The molecule has 4 aliphatic rings. The average molecular weight is 656 g/mol. The molecule has 2 aromatic carbocycles. The van der Waals surface area contributed by atoms with Gasteiger partial charge in [0.1, 0.15) is 11.7 Å². The highest BCUT2D eigenvalue weighted by Crippen LogP contribution is 2.41. The zero-order valence-electron chi connectivity index (χ0n) is 27.8. The van der Waals surface area contributed by atoms with Gasteiger partial charge in [-0.25, -0.2) is 9.59 Å². The fourth-order valence-electron chi connectivity index (χ4n) is 7.94. The molecule has 1 saturated carbocycles. The predicted molar refractivity (Wildman–Crippen MR) is 185 cm³/mol. The Labute approximate surface area is 280 Å². The van der Waals surface area contributed by atoms with Gasteiger partial charge in [-0.2, -0.15) is 5.10 Å². The number of aliphatic hydroxyl groups excluding tert-OH is 1. The van der Waals surface area contributed by atoms with Crippen molar-refractivity contribution in [3.05, 3.63) is 74.3 Å². The number of fused-ring (bicyclic) bond motifs is 3. The van der Waals surface area contributed by atoms with E-state index in [4.69, 9.17) is 24.1 Å². The predicted octanol–water partition coefficient (Wildman–Crippen LogP) is 4.85. The Morgan fingerprint density at radius 3 is 2.88 bits per heavy atom. The summed E-state index contributed by atoms with van der Waals surface area (Å²) in [5.74, 6) is 0.0621. The van der Waals surface area contributed by atoms with Gasteiger partial charge in [-0.15, -0.1) is 0 Å². The lowest BCUT2D eigenvalue weighted by Gasteiger charge is -2.37. The summed E-state index contributed by atoms with van der Waals surface area (Å²) in [6.07, 6.45) is 5.54. The van der Waals surface area contributed by atoms with Crippen LogP contribution in [0.25, 0.3) is 22.1 Å². The molecule has 11 heteroatoms. The third-order valence-corrected chi connectivity index (χ3v) is 10.2. The number of aryl methyl sites for hydroxylation is 2. The molecule has 1 aliphatic carbocycles. The SMILES string of the molecule is CC1=C2CCCC(OC(=O)NCCOCCO)CCC2C(c2cccc(-c3c(C)c4cc5c6c(c4oc3=O)CNCN6CCC5)c2)=NN1. The van der Waals surface area contributed by atoms with Gasteiger partial charge in [0.2, 0.25) is 0 Å². The van der Waals surface area contributed by atoms with Crippen LogP contribution in [0.5, 0.6) is 0 Å². The Kier molecular flexibility index (Phi) is 9.52. The van der Waals surface area contributed by atoms with Crippen molar-refractivity contribution >= 4 is 28.5 Å². The van der Waals surface area contributed by atoms with Crippen molar-refractivity contribution in [2.75, 3.05) is 44.5 Å². The minimum absolute atomic E-state index is 0.0490. The summed E-state index contributed by atoms with van der Waals surface area (Å²) in [5.41, 5.74) is 13.9. The number of hydrogen-bond donors (Lipinski definition) is 4. The second-order valence-corrected chi connectivity index (χ2v) is 13.2. The Balaban J connectivity index is 1.14. The van der Waals surface area contributed by atoms with Gasteiger partial charge in [0.05, 0.1) is 37.8 Å². The Morgan fingerprint density at radius 2 is 2.00 bits per heavy atom. The van der Waals surface area contributed by atoms with Crippen LogP contribution < -0.4 is 26.6 Å². The lowest BCUT2D eigenvalue weighted by Crippen LogP contribution is -2.42. The number of hydrogen-bond acceptors (Lipinski definition) is 10. The first kappa shape index (κ1) is 32.4. The zero-order valence-corrected chi connectivity index (χ0v) is 27.8. The number of carbonyl (C=O) groups excluding carboxylic acids is 1. The van der Waals surface area contributed by atoms with Crippen LogP contribution in [0, 0.1) is 12.8 Å². The fraction of sp³-hybridized carbons (Fsp3) is 0.486. The molecule has 254 valence electrons. The number of benzene rings is 2. The highest BCUT2D eigenvalue weighted by molar-refractivity contribution is 6.05. The highest BCUT2D eigenvalue weighted by atomic mass is 16.6. The molecule has 11 nitrogen and oxygen atoms in total. The smallest absolute Gasteiger partial charge is 0.407 e. The number of anilines is 1. The van der Waals surface area contributed by atoms with E-state index in [-0.39, 0.29) is 30.9 Å². The quantitative estimate of drug-likeness (QED) is 0.198. The highest BCUT2D eigenvalue weighted by Gasteiger charge is 2.32. The first-order chi connectivity index (χ1) is 23.4. The number of ether oxygens (including phenoxy) is 2. The molecule has 4 N–H and O–H groups in total. The molecule has 2 atom stereocenters. The van der Waals surface area contributed by atoms with E-state index in [2.05, 4.69) is 46.1 Å². The number of hydrazone groups is 1. The summed E-state index contributed by atoms with van der Waals surface area (Å²) in [6.45, 7) is 7.47. The number of amides is 1. The molecule has 2 unspecified atom stereocenters. The maximum atomic E-state index is 13.8. The number of allylic oxidation sites excluding steroid dienone is 2. The van der Waals surface area contributed by atoms with E-state index >= 15 is 0 Å². The number of alkyl carbamates (subject to hydrolysis) is 1. The molecule has 1 fully saturated rings. The molecule has 0 radical (unpaired) electrons. The molecular weight excluding hydrogens is 610 g/mol. The fourth-order valence-corrected chi connectivity index (χ4v) is 7.94. The Hall–Kier alpha value is -4.19. The number of nitrogens with zero attached hydrogens (tertiary/aromatic N) is 2. The van der Waals surface area contributed by atoms with Crippen LogP contribution >= 0.6 is 0 Å². The second-order valence-electron chi connectivity index (χ2n) is 13.2. The lowest BCUT2D eigenvalue weighted by atomic mass is 9.79. The van der Waals surface area contributed by atoms with Gasteiger partial charge in [-0.1, -0.05) is 18.2 Å². The summed E-state index contributed by atoms with van der Waals surface area (Å²) in [5, 5.41) is 20.9. The van der Waals surface area contributed by atoms with Crippen molar-refractivity contribution in [3.63, 3.8) is 0 Å². The van der Waals surface area contributed by atoms with E-state index in [0.29, 0.717) is 37.3 Å². The van der Waals surface area contributed by atoms with Crippen molar-refractivity contribution in [2.45, 2.75) is 71.4 Å². The van der Waals surface area contributed by atoms with Gasteiger partial charge < -0.3 is 29.2 Å². The molecule has 3 aliphatic heterocycles. The molecule has 0 saturated heterocycles. The van der Waals surface area contributed by atoms with Crippen LogP contribution in [-0.4, -0.2) is 62.6 Å². The third-order valence-electron chi connectivity index (χ3n) is 10.2. The van der Waals surface area contributed by atoms with Crippen molar-refractivity contribution in [1.29, 1.82) is 0 Å². The van der Waals surface area contributed by atoms with E-state index in [1.54, 1.807) is 0 Å². The third kappa shape index (κ3) is 6.34. The van der Waals surface area contributed by atoms with E-state index < -0.39 is 6.09 Å². The minimum Gasteiger partial charge on any atom is -0.446 e. The first-order valence-corrected chi connectivity index (χ1v) is 17.3. The molecule has 1 amide bonds. The molecule has 0 spiro atoms. The topological polar surface area (TPSA) is 138 Å². The molecule has 0 bridgehead atoms. The largest absolute Gasteiger partial charge is 0.446 e. The number of carbonyl (C=O) groups is 1. The van der Waals surface area contributed by atoms with Crippen LogP contribution in [0.2, 0.25) is 0 Å². The van der Waals surface area contributed by atoms with Crippen LogP contribution in [0.15, 0.2) is 55.9 Å². The Morgan fingerprint density at radius 1 is 1.12 bits per heavy atom. The molecular formula is C37H45N5O6. The van der Waals surface area contributed by atoms with Crippen molar-refractivity contribution in [3.8, 4) is 11.1 Å². The van der Waals surface area contributed by atoms with Gasteiger partial charge in [-0.05, 0) is 98.8 Å². The van der Waals surface area contributed by atoms with E-state index in [1.165, 1.54) is 16.8 Å². The summed E-state index contributed by atoms with van der Waals surface area (Å²) in [4.78, 5) is 28.6. The van der Waals surface area contributed by atoms with Crippen LogP contribution in [-0.2, 0) is 22.4 Å².